The first kappa shape index (κ1) is 62.4. The van der Waals surface area contributed by atoms with Crippen molar-refractivity contribution < 1.29 is 53.9 Å². The minimum absolute atomic E-state index is 0.243. The maximum atomic E-state index is 13.0. The minimum atomic E-state index is -5.05. The van der Waals surface area contributed by atoms with Crippen LogP contribution in [-0.2, 0) is 18.4 Å². The minimum Gasteiger partial charge on any atom is -0.391 e. The molecular formula is C52H104NO11P. The quantitative estimate of drug-likeness (QED) is 0.0213. The molecule has 0 spiro atoms. The average molecular weight is 950 g/mol. The number of carbonyl (C=O) groups is 1. The SMILES string of the molecule is CCCCCCCCCCCCCCCCCCCCCCCCCCCCCC(=O)N[C@@H](COP(=O)(O)OC1C(O)C(O)C(O)[C@@H](O)C1O)[C@H](O)CCCCCCCCCCCCC. The zero-order chi connectivity index (χ0) is 47.8. The van der Waals surface area contributed by atoms with E-state index in [0.717, 1.165) is 38.5 Å². The van der Waals surface area contributed by atoms with E-state index in [9.17, 15) is 44.9 Å². The van der Waals surface area contributed by atoms with E-state index in [4.69, 9.17) is 9.05 Å². The summed E-state index contributed by atoms with van der Waals surface area (Å²) in [6.45, 7) is 3.91. The third kappa shape index (κ3) is 33.5. The number of phosphoric ester groups is 1. The van der Waals surface area contributed by atoms with Crippen LogP contribution in [0.1, 0.15) is 271 Å². The molecule has 1 amide bonds. The van der Waals surface area contributed by atoms with Gasteiger partial charge in [0, 0.05) is 6.42 Å². The molecule has 9 atom stereocenters. The van der Waals surface area contributed by atoms with E-state index in [1.165, 1.54) is 193 Å². The molecule has 65 heavy (non-hydrogen) atoms. The van der Waals surface area contributed by atoms with Gasteiger partial charge in [0.15, 0.2) is 0 Å². The Bertz CT molecular complexity index is 1100. The number of nitrogens with one attached hydrogen (secondary N) is 1. The Morgan fingerprint density at radius 3 is 1.06 bits per heavy atom. The number of aliphatic hydroxyl groups excluding tert-OH is 6. The molecule has 8 N–H and O–H groups in total. The number of hydrogen-bond donors (Lipinski definition) is 8. The molecule has 1 rings (SSSR count). The van der Waals surface area contributed by atoms with Gasteiger partial charge in [-0.15, -0.1) is 0 Å². The highest BCUT2D eigenvalue weighted by atomic mass is 31.2. The van der Waals surface area contributed by atoms with Gasteiger partial charge >= 0.3 is 7.82 Å². The van der Waals surface area contributed by atoms with Crippen molar-refractivity contribution in [3.05, 3.63) is 0 Å². The van der Waals surface area contributed by atoms with Crippen LogP contribution in [0.25, 0.3) is 0 Å². The van der Waals surface area contributed by atoms with Crippen LogP contribution in [0.15, 0.2) is 0 Å². The highest BCUT2D eigenvalue weighted by Gasteiger charge is 2.51. The van der Waals surface area contributed by atoms with Crippen molar-refractivity contribution in [3.8, 4) is 0 Å². The molecule has 0 aliphatic heterocycles. The van der Waals surface area contributed by atoms with Gasteiger partial charge in [-0.3, -0.25) is 13.8 Å². The summed E-state index contributed by atoms with van der Waals surface area (Å²) in [6.07, 6.45) is 35.9. The van der Waals surface area contributed by atoms with Crippen molar-refractivity contribution in [2.45, 2.75) is 319 Å². The second-order valence-electron chi connectivity index (χ2n) is 19.8. The smallest absolute Gasteiger partial charge is 0.391 e. The first-order valence-electron chi connectivity index (χ1n) is 27.5. The molecule has 0 bridgehead atoms. The number of aliphatic hydroxyl groups is 6. The Labute approximate surface area is 397 Å². The summed E-state index contributed by atoms with van der Waals surface area (Å²) in [4.78, 5) is 23.5. The lowest BCUT2D eigenvalue weighted by atomic mass is 9.85. The molecule has 6 unspecified atom stereocenters. The number of phosphoric acid groups is 1. The van der Waals surface area contributed by atoms with Crippen LogP contribution >= 0.6 is 7.82 Å². The van der Waals surface area contributed by atoms with E-state index >= 15 is 0 Å². The summed E-state index contributed by atoms with van der Waals surface area (Å²) in [5, 5.41) is 64.2. The predicted octanol–water partition coefficient (Wildman–Crippen LogP) is 11.8. The maximum Gasteiger partial charge on any atom is 0.472 e. The molecule has 1 aliphatic rings. The van der Waals surface area contributed by atoms with E-state index in [2.05, 4.69) is 19.2 Å². The zero-order valence-corrected chi connectivity index (χ0v) is 42.7. The van der Waals surface area contributed by atoms with E-state index in [1.54, 1.807) is 0 Å². The fourth-order valence-corrected chi connectivity index (χ4v) is 10.2. The molecule has 0 saturated heterocycles. The van der Waals surface area contributed by atoms with E-state index in [0.29, 0.717) is 19.3 Å². The Kier molecular flexibility index (Phi) is 40.5. The number of carbonyl (C=O) groups excluding carboxylic acids is 1. The second kappa shape index (κ2) is 42.2. The van der Waals surface area contributed by atoms with Crippen molar-refractivity contribution in [2.75, 3.05) is 6.61 Å². The zero-order valence-electron chi connectivity index (χ0n) is 41.8. The van der Waals surface area contributed by atoms with Gasteiger partial charge in [0.25, 0.3) is 0 Å². The summed E-state index contributed by atoms with van der Waals surface area (Å²) < 4.78 is 23.0. The van der Waals surface area contributed by atoms with Crippen molar-refractivity contribution in [2.24, 2.45) is 0 Å². The van der Waals surface area contributed by atoms with Gasteiger partial charge in [-0.05, 0) is 12.8 Å². The maximum absolute atomic E-state index is 13.0. The van der Waals surface area contributed by atoms with Crippen molar-refractivity contribution in [1.82, 2.24) is 5.32 Å². The normalized spacial score (nSPS) is 21.9. The highest BCUT2D eigenvalue weighted by Crippen LogP contribution is 2.47. The lowest BCUT2D eigenvalue weighted by Crippen LogP contribution is -2.64. The average Bonchev–Trinajstić information content (AvgIpc) is 3.29. The Balaban J connectivity index is 2.24. The molecule has 388 valence electrons. The number of unbranched alkanes of at least 4 members (excludes halogenated alkanes) is 36. The largest absolute Gasteiger partial charge is 0.472 e. The van der Waals surface area contributed by atoms with E-state index < -0.39 is 63.2 Å². The summed E-state index contributed by atoms with van der Waals surface area (Å²) in [7, 11) is -5.05. The van der Waals surface area contributed by atoms with E-state index in [-0.39, 0.29) is 12.3 Å². The van der Waals surface area contributed by atoms with Gasteiger partial charge in [-0.25, -0.2) is 4.57 Å². The molecule has 0 heterocycles. The van der Waals surface area contributed by atoms with Gasteiger partial charge in [0.2, 0.25) is 5.91 Å². The molecule has 12 nitrogen and oxygen atoms in total. The van der Waals surface area contributed by atoms with Crippen LogP contribution in [0, 0.1) is 0 Å². The predicted molar refractivity (Wildman–Crippen MR) is 265 cm³/mol. The molecule has 1 saturated carbocycles. The van der Waals surface area contributed by atoms with Gasteiger partial charge in [-0.1, -0.05) is 251 Å². The molecule has 13 heteroatoms. The molecule has 0 aromatic rings. The van der Waals surface area contributed by atoms with Crippen LogP contribution < -0.4 is 5.32 Å². The third-order valence-electron chi connectivity index (χ3n) is 13.7. The first-order valence-corrected chi connectivity index (χ1v) is 29.0. The lowest BCUT2D eigenvalue weighted by molar-refractivity contribution is -0.220. The Morgan fingerprint density at radius 2 is 0.738 bits per heavy atom. The van der Waals surface area contributed by atoms with Crippen molar-refractivity contribution in [3.63, 3.8) is 0 Å². The monoisotopic (exact) mass is 950 g/mol. The molecule has 1 aliphatic carbocycles. The fourth-order valence-electron chi connectivity index (χ4n) is 9.21. The number of hydrogen-bond acceptors (Lipinski definition) is 10. The molecule has 1 fully saturated rings. The Morgan fingerprint density at radius 1 is 0.462 bits per heavy atom. The second-order valence-corrected chi connectivity index (χ2v) is 21.2. The molecule has 0 aromatic heterocycles. The van der Waals surface area contributed by atoms with Crippen LogP contribution in [0.2, 0.25) is 0 Å². The standard InChI is InChI=1S/C52H104NO11P/c1-3-5-7-9-11-13-15-16-17-18-19-20-21-22-23-24-25-26-27-28-29-30-32-34-36-38-40-42-46(55)53-44(45(54)41-39-37-35-33-31-14-12-10-8-6-4-2)43-63-65(61,62)64-52-50(59)48(57)47(56)49(58)51(52)60/h44-45,47-52,54,56-60H,3-43H2,1-2H3,(H,53,55)(H,61,62)/t44-,45+,47?,48+,49?,50?,51?,52?/m0/s1. The lowest BCUT2D eigenvalue weighted by Gasteiger charge is -2.41. The fraction of sp³-hybridized carbons (Fsp3) is 0.981. The number of rotatable bonds is 47. The van der Waals surface area contributed by atoms with Gasteiger partial charge in [0.1, 0.15) is 36.6 Å². The summed E-state index contributed by atoms with van der Waals surface area (Å²) >= 11 is 0. The molecular weight excluding hydrogens is 846 g/mol. The van der Waals surface area contributed by atoms with Crippen molar-refractivity contribution in [1.29, 1.82) is 0 Å². The molecule has 0 aromatic carbocycles. The van der Waals surface area contributed by atoms with Gasteiger partial charge in [0.05, 0.1) is 18.8 Å². The van der Waals surface area contributed by atoms with Crippen LogP contribution in [0.5, 0.6) is 0 Å². The van der Waals surface area contributed by atoms with Crippen LogP contribution in [0.3, 0.4) is 0 Å². The topological polar surface area (TPSA) is 206 Å². The van der Waals surface area contributed by atoms with E-state index in [1.807, 2.05) is 0 Å². The number of amides is 1. The summed E-state index contributed by atoms with van der Waals surface area (Å²) in [5.74, 6) is -0.303. The van der Waals surface area contributed by atoms with Crippen molar-refractivity contribution >= 4 is 13.7 Å². The van der Waals surface area contributed by atoms with Crippen LogP contribution in [-0.4, -0.2) is 96.8 Å². The molecule has 0 radical (unpaired) electrons. The first-order chi connectivity index (χ1) is 31.4. The third-order valence-corrected chi connectivity index (χ3v) is 14.7. The highest BCUT2D eigenvalue weighted by molar-refractivity contribution is 7.47. The van der Waals surface area contributed by atoms with Gasteiger partial charge < -0.3 is 40.8 Å². The summed E-state index contributed by atoms with van der Waals surface area (Å²) in [6, 6.07) is -1.03. The summed E-state index contributed by atoms with van der Waals surface area (Å²) in [5.41, 5.74) is 0. The Hall–Kier alpha value is -0.660. The van der Waals surface area contributed by atoms with Gasteiger partial charge in [-0.2, -0.15) is 0 Å². The van der Waals surface area contributed by atoms with Crippen LogP contribution in [0.4, 0.5) is 0 Å².